The summed E-state index contributed by atoms with van der Waals surface area (Å²) in [6.07, 6.45) is 0. The fourth-order valence-electron chi connectivity index (χ4n) is 0.854. The Labute approximate surface area is 185 Å². The highest BCUT2D eigenvalue weighted by molar-refractivity contribution is 9.01. The van der Waals surface area contributed by atoms with Crippen LogP contribution < -0.4 is 0 Å². The number of hydrogen-bond acceptors (Lipinski definition) is 12. The first-order valence-electron chi connectivity index (χ1n) is 5.55. The van der Waals surface area contributed by atoms with Gasteiger partial charge in [-0.05, 0) is 0 Å². The fourth-order valence-corrected chi connectivity index (χ4v) is 38.7. The molecule has 0 radical (unpaired) electrons. The van der Waals surface area contributed by atoms with Gasteiger partial charge in [-0.25, -0.2) is 0 Å². The molecule has 0 aliphatic heterocycles. The Bertz CT molecular complexity index is 174. The van der Waals surface area contributed by atoms with Crippen LogP contribution in [0.4, 0.5) is 0 Å². The molecule has 13 heteroatoms. The molecule has 0 saturated carbocycles. The summed E-state index contributed by atoms with van der Waals surface area (Å²) in [4.78, 5) is 0. The van der Waals surface area contributed by atoms with E-state index < -0.39 is 4.67 Å². The summed E-state index contributed by atoms with van der Waals surface area (Å²) in [6.45, 7) is 0. The largest absolute Gasteiger partial charge is 0.304 e. The van der Waals surface area contributed by atoms with Gasteiger partial charge < -0.3 is 0 Å². The highest BCUT2D eigenvalue weighted by atomic mass is 32.9. The maximum Gasteiger partial charge on any atom is 0.304 e. The van der Waals surface area contributed by atoms with E-state index in [1.807, 2.05) is 47.0 Å². The van der Waals surface area contributed by atoms with Crippen LogP contribution in [-0.4, -0.2) is 45.4 Å². The third-order valence-electron chi connectivity index (χ3n) is 1.64. The minimum absolute atomic E-state index is 0.902. The Balaban J connectivity index is 4.52. The van der Waals surface area contributed by atoms with Crippen LogP contribution >= 0.6 is 142 Å². The van der Waals surface area contributed by atoms with E-state index in [0.717, 1.165) is 40.7 Å². The lowest BCUT2D eigenvalue weighted by atomic mass is 11.9. The van der Waals surface area contributed by atoms with Crippen molar-refractivity contribution in [1.29, 1.82) is 0 Å². The molecule has 21 heavy (non-hydrogen) atoms. The minimum Gasteiger partial charge on any atom is -0.168 e. The first kappa shape index (κ1) is 25.4. The van der Waals surface area contributed by atoms with E-state index in [1.165, 1.54) is 0 Å². The second-order valence-electron chi connectivity index (χ2n) is 2.88. The molecular formula is C8H20S12Si. The predicted molar refractivity (Wildman–Crippen MR) is 141 cm³/mol. The van der Waals surface area contributed by atoms with E-state index in [2.05, 4.69) is 95.4 Å². The van der Waals surface area contributed by atoms with E-state index >= 15 is 0 Å². The predicted octanol–water partition coefficient (Wildman–Crippen LogP) is 6.67. The number of thioether (sulfide) groups is 4. The zero-order chi connectivity index (χ0) is 15.8. The van der Waals surface area contributed by atoms with Crippen LogP contribution in [0.25, 0.3) is 0 Å². The normalized spacial score (nSPS) is 12.0. The quantitative estimate of drug-likeness (QED) is 0.0749. The standard InChI is InChI=1S/C8H20S12Si/c9-1-13-5-17-21(18-6-14-2-10,19-7-15-3-11)20-8-16-4-12/h9-12H,1-8H2. The SMILES string of the molecule is SCSCS[Si](SCSCS)(SCSCS)SCSCS. The third kappa shape index (κ3) is 15.2. The molecule has 0 aliphatic carbocycles. The van der Waals surface area contributed by atoms with Gasteiger partial charge in [-0.1, -0.05) is 0 Å². The van der Waals surface area contributed by atoms with E-state index in [9.17, 15) is 0 Å². The molecule has 0 saturated heterocycles. The van der Waals surface area contributed by atoms with Gasteiger partial charge in [0.05, 0.1) is 0 Å². The maximum atomic E-state index is 4.31. The monoisotopic (exact) mass is 528 g/mol. The summed E-state index contributed by atoms with van der Waals surface area (Å²) in [5.41, 5.74) is 0. The Hall–Kier alpha value is 4.42. The highest BCUT2D eigenvalue weighted by Crippen LogP contribution is 2.53. The number of rotatable bonds is 16. The van der Waals surface area contributed by atoms with Crippen molar-refractivity contribution in [2.45, 2.75) is 0 Å². The maximum absolute atomic E-state index is 4.31. The highest BCUT2D eigenvalue weighted by Gasteiger charge is 2.37. The lowest BCUT2D eigenvalue weighted by molar-refractivity contribution is 2.18. The van der Waals surface area contributed by atoms with Crippen molar-refractivity contribution in [3.05, 3.63) is 0 Å². The summed E-state index contributed by atoms with van der Waals surface area (Å²) in [5, 5.41) is 8.19. The molecule has 0 bridgehead atoms. The summed E-state index contributed by atoms with van der Waals surface area (Å²) in [7, 11) is 0. The van der Waals surface area contributed by atoms with Crippen LogP contribution in [0.5, 0.6) is 0 Å². The van der Waals surface area contributed by atoms with Crippen LogP contribution in [0.1, 0.15) is 0 Å². The van der Waals surface area contributed by atoms with Gasteiger partial charge in [0, 0.05) is 40.7 Å². The number of thiol groups is 4. The molecule has 0 aromatic carbocycles. The molecule has 0 spiro atoms. The van der Waals surface area contributed by atoms with E-state index in [4.69, 9.17) is 0 Å². The molecule has 0 nitrogen and oxygen atoms in total. The Morgan fingerprint density at radius 3 is 0.905 bits per heavy atom. The van der Waals surface area contributed by atoms with Gasteiger partial charge in [-0.3, -0.25) is 0 Å². The van der Waals surface area contributed by atoms with E-state index in [0.29, 0.717) is 0 Å². The van der Waals surface area contributed by atoms with Crippen LogP contribution in [-0.2, 0) is 0 Å². The van der Waals surface area contributed by atoms with Gasteiger partial charge in [0.2, 0.25) is 0 Å². The third-order valence-corrected chi connectivity index (χ3v) is 31.7. The van der Waals surface area contributed by atoms with Gasteiger partial charge in [-0.2, -0.15) is 50.5 Å². The Kier molecular flexibility index (Phi) is 23.2. The Morgan fingerprint density at radius 1 is 0.476 bits per heavy atom. The number of hydrogen-bond donors (Lipinski definition) is 4. The molecule has 128 valence electrons. The van der Waals surface area contributed by atoms with E-state index in [1.54, 1.807) is 0 Å². The summed E-state index contributed by atoms with van der Waals surface area (Å²) in [6, 6.07) is 0. The van der Waals surface area contributed by atoms with Crippen molar-refractivity contribution in [3.63, 3.8) is 0 Å². The lowest BCUT2D eigenvalue weighted by Crippen LogP contribution is -2.20. The molecule has 0 aromatic rings. The van der Waals surface area contributed by atoms with E-state index in [-0.39, 0.29) is 0 Å². The minimum atomic E-state index is -1.50. The van der Waals surface area contributed by atoms with Crippen molar-refractivity contribution in [1.82, 2.24) is 0 Å². The molecule has 0 heterocycles. The van der Waals surface area contributed by atoms with Crippen LogP contribution in [0.2, 0.25) is 0 Å². The van der Waals surface area contributed by atoms with Gasteiger partial charge in [0.15, 0.2) is 0 Å². The molecule has 0 fully saturated rings. The van der Waals surface area contributed by atoms with Crippen molar-refractivity contribution in [2.24, 2.45) is 0 Å². The van der Waals surface area contributed by atoms with Crippen molar-refractivity contribution < 1.29 is 0 Å². The molecule has 0 N–H and O–H groups in total. The molecule has 0 atom stereocenters. The Morgan fingerprint density at radius 2 is 0.714 bits per heavy atom. The zero-order valence-corrected chi connectivity index (χ0v) is 22.3. The van der Waals surface area contributed by atoms with Gasteiger partial charge in [0.25, 0.3) is 0 Å². The van der Waals surface area contributed by atoms with Crippen LogP contribution in [0.3, 0.4) is 0 Å². The summed E-state index contributed by atoms with van der Waals surface area (Å²) in [5.74, 6) is 0. The average molecular weight is 529 g/mol. The second-order valence-corrected chi connectivity index (χ2v) is 30.0. The smallest absolute Gasteiger partial charge is 0.168 e. The molecule has 0 aromatic heterocycles. The lowest BCUT2D eigenvalue weighted by Gasteiger charge is -2.28. The van der Waals surface area contributed by atoms with Crippen LogP contribution in [0, 0.1) is 0 Å². The van der Waals surface area contributed by atoms with Crippen molar-refractivity contribution in [2.75, 3.05) is 40.7 Å². The average Bonchev–Trinajstić information content (AvgIpc) is 2.48. The van der Waals surface area contributed by atoms with Crippen molar-refractivity contribution >= 4 is 147 Å². The van der Waals surface area contributed by atoms with Gasteiger partial charge in [-0.15, -0.1) is 91.9 Å². The molecule has 0 amide bonds. The van der Waals surface area contributed by atoms with Crippen molar-refractivity contribution in [3.8, 4) is 0 Å². The summed E-state index contributed by atoms with van der Waals surface area (Å²) < 4.78 is -1.50. The molecule has 0 rings (SSSR count). The fraction of sp³-hybridized carbons (Fsp3) is 1.00. The van der Waals surface area contributed by atoms with Gasteiger partial charge >= 0.3 is 4.67 Å². The van der Waals surface area contributed by atoms with Crippen LogP contribution in [0.15, 0.2) is 0 Å². The second kappa shape index (κ2) is 19.2. The molecule has 0 unspecified atom stereocenters. The molecule has 0 aliphatic rings. The first-order valence-corrected chi connectivity index (χ1v) is 21.5. The van der Waals surface area contributed by atoms with Gasteiger partial charge in [0.1, 0.15) is 0 Å². The molecular weight excluding hydrogens is 509 g/mol. The zero-order valence-electron chi connectivity index (χ0n) is 11.2. The first-order chi connectivity index (χ1) is 10.2. The summed E-state index contributed by atoms with van der Waals surface area (Å²) >= 11 is 33.6. The topological polar surface area (TPSA) is 0 Å².